The number of carbonyl (C=O) groups is 4. The average Bonchev–Trinajstić information content (AvgIpc) is 3.67. The Kier molecular flexibility index (Phi) is 12.7. The number of amides is 3. The van der Waals surface area contributed by atoms with E-state index in [1.807, 2.05) is 46.6 Å². The number of ether oxygens (including phenoxy) is 1. The number of likely N-dealkylation sites (tertiary alicyclic amines) is 1. The van der Waals surface area contributed by atoms with Crippen molar-refractivity contribution in [3.63, 3.8) is 0 Å². The van der Waals surface area contributed by atoms with Gasteiger partial charge in [0.05, 0.1) is 11.6 Å². The minimum absolute atomic E-state index is 0.112. The highest BCUT2D eigenvalue weighted by Crippen LogP contribution is 2.32. The predicted molar refractivity (Wildman–Crippen MR) is 168 cm³/mol. The molecule has 1 saturated heterocycles. The molecule has 0 spiro atoms. The molecule has 10 nitrogen and oxygen atoms in total. The third kappa shape index (κ3) is 8.13. The molecule has 1 aliphatic heterocycles. The highest BCUT2D eigenvalue weighted by molar-refractivity contribution is 7.09. The van der Waals surface area contributed by atoms with Gasteiger partial charge in [0.1, 0.15) is 11.0 Å². The van der Waals surface area contributed by atoms with Crippen molar-refractivity contribution in [3.8, 4) is 5.75 Å². The number of likely N-dealkylation sites (N-methyl/N-ethyl adjacent to an activating group) is 2. The number of hydrogen-bond donors (Lipinski definition) is 2. The maximum absolute atomic E-state index is 14.1. The molecule has 2 heterocycles. The van der Waals surface area contributed by atoms with Crippen LogP contribution in [0.25, 0.3) is 0 Å². The third-order valence-electron chi connectivity index (χ3n) is 9.12. The second-order valence-corrected chi connectivity index (χ2v) is 13.6. The van der Waals surface area contributed by atoms with Crippen molar-refractivity contribution in [3.05, 3.63) is 45.2 Å². The molecule has 2 N–H and O–H groups in total. The second-order valence-electron chi connectivity index (χ2n) is 12.7. The lowest BCUT2D eigenvalue weighted by atomic mass is 9.91. The first-order valence-corrected chi connectivity index (χ1v) is 16.5. The van der Waals surface area contributed by atoms with Crippen molar-refractivity contribution >= 4 is 35.0 Å². The molecular weight excluding hydrogens is 661 g/mol. The molecule has 1 aromatic carbocycles. The molecule has 1 aliphatic rings. The second kappa shape index (κ2) is 15.7. The summed E-state index contributed by atoms with van der Waals surface area (Å²) in [7, 11) is 3.48. The molecule has 1 aromatic heterocycles. The quantitative estimate of drug-likeness (QED) is 0.0977. The Hall–Kier alpha value is -3.66. The van der Waals surface area contributed by atoms with E-state index >= 15 is 0 Å². The molecule has 16 heteroatoms. The van der Waals surface area contributed by atoms with Gasteiger partial charge in [-0.1, -0.05) is 34.1 Å². The summed E-state index contributed by atoms with van der Waals surface area (Å²) in [5.74, 6) is -16.3. The van der Waals surface area contributed by atoms with Crippen LogP contribution in [0, 0.1) is 40.9 Å². The number of benzene rings is 1. The normalized spacial score (nSPS) is 19.0. The van der Waals surface area contributed by atoms with E-state index in [1.165, 1.54) is 11.8 Å². The number of nitrogens with one attached hydrogen (secondary N) is 2. The predicted octanol–water partition coefficient (Wildman–Crippen LogP) is 5.12. The van der Waals surface area contributed by atoms with Gasteiger partial charge in [0.25, 0.3) is 0 Å². The molecule has 5 atom stereocenters. The first-order chi connectivity index (χ1) is 22.3. The molecule has 266 valence electrons. The molecule has 3 amide bonds. The Bertz CT molecular complexity index is 1510. The van der Waals surface area contributed by atoms with Crippen LogP contribution in [0.2, 0.25) is 0 Å². The summed E-state index contributed by atoms with van der Waals surface area (Å²) in [5.41, 5.74) is -1.26. The van der Waals surface area contributed by atoms with Crippen molar-refractivity contribution in [2.75, 3.05) is 20.6 Å². The summed E-state index contributed by atoms with van der Waals surface area (Å²) in [6.45, 7) is 11.4. The molecule has 0 saturated carbocycles. The Balaban J connectivity index is 1.87. The maximum Gasteiger partial charge on any atom is 0.363 e. The van der Waals surface area contributed by atoms with Crippen molar-refractivity contribution < 1.29 is 45.9 Å². The number of thiazole rings is 1. The number of carbonyl (C=O) groups excluding carboxylic acids is 4. The van der Waals surface area contributed by atoms with E-state index in [2.05, 4.69) is 20.4 Å². The zero-order valence-electron chi connectivity index (χ0n) is 28.2. The first-order valence-electron chi connectivity index (χ1n) is 15.6. The van der Waals surface area contributed by atoms with E-state index in [9.17, 15) is 41.1 Å². The smallest absolute Gasteiger partial charge is 0.363 e. The van der Waals surface area contributed by atoms with Gasteiger partial charge < -0.3 is 20.3 Å². The average molecular weight is 704 g/mol. The van der Waals surface area contributed by atoms with E-state index in [-0.39, 0.29) is 35.1 Å². The number of rotatable bonds is 13. The standard InChI is InChI=1S/C32H42F5N5O5S/c1-9-16(4)26(40-31(46)32(6)11-10-12-41(32)7)29(44)42(8)20(15(2)3)13-18(38-17(5)43)28-39-19(14-48-28)30(45)47-27-24(36)22(34)21(33)23(35)25(27)37/h14-16,18,20,26H,9-13H2,1-8H3,(H,38,43)(H,40,46)/t16?,18?,20?,26?,32-/m1/s1. The Morgan fingerprint density at radius 1 is 1.04 bits per heavy atom. The van der Waals surface area contributed by atoms with Crippen molar-refractivity contribution in [2.24, 2.45) is 11.8 Å². The van der Waals surface area contributed by atoms with Gasteiger partial charge in [-0.25, -0.2) is 22.9 Å². The Morgan fingerprint density at radius 2 is 1.62 bits per heavy atom. The van der Waals surface area contributed by atoms with Crippen LogP contribution in [0.1, 0.15) is 88.8 Å². The van der Waals surface area contributed by atoms with Gasteiger partial charge in [0, 0.05) is 25.4 Å². The summed E-state index contributed by atoms with van der Waals surface area (Å²) in [6.07, 6.45) is 2.24. The lowest BCUT2D eigenvalue weighted by molar-refractivity contribution is -0.142. The molecule has 2 aromatic rings. The Morgan fingerprint density at radius 3 is 2.12 bits per heavy atom. The molecule has 0 bridgehead atoms. The van der Waals surface area contributed by atoms with Gasteiger partial charge in [-0.15, -0.1) is 11.3 Å². The fraction of sp³-hybridized carbons (Fsp3) is 0.594. The molecule has 1 fully saturated rings. The maximum atomic E-state index is 14.1. The summed E-state index contributed by atoms with van der Waals surface area (Å²) >= 11 is 0.879. The summed E-state index contributed by atoms with van der Waals surface area (Å²) < 4.78 is 73.4. The lowest BCUT2D eigenvalue weighted by Crippen LogP contribution is -2.60. The Labute approximate surface area is 280 Å². The molecule has 0 radical (unpaired) electrons. The van der Waals surface area contributed by atoms with Crippen LogP contribution < -0.4 is 15.4 Å². The zero-order valence-corrected chi connectivity index (χ0v) is 29.0. The van der Waals surface area contributed by atoms with Crippen LogP contribution in [-0.4, -0.2) is 76.7 Å². The van der Waals surface area contributed by atoms with Crippen LogP contribution in [0.3, 0.4) is 0 Å². The molecular formula is C32H42F5N5O5S. The number of esters is 1. The number of aromatic nitrogens is 1. The lowest BCUT2D eigenvalue weighted by Gasteiger charge is -2.38. The molecule has 3 rings (SSSR count). The van der Waals surface area contributed by atoms with Crippen LogP contribution in [0.15, 0.2) is 5.38 Å². The number of halogens is 5. The van der Waals surface area contributed by atoms with Gasteiger partial charge in [-0.05, 0) is 51.6 Å². The van der Waals surface area contributed by atoms with Gasteiger partial charge in [-0.3, -0.25) is 19.3 Å². The van der Waals surface area contributed by atoms with Crippen molar-refractivity contribution in [1.82, 2.24) is 25.4 Å². The van der Waals surface area contributed by atoms with Crippen LogP contribution in [0.4, 0.5) is 22.0 Å². The minimum Gasteiger partial charge on any atom is -0.415 e. The molecule has 4 unspecified atom stereocenters. The largest absolute Gasteiger partial charge is 0.415 e. The first kappa shape index (κ1) is 38.8. The van der Waals surface area contributed by atoms with Crippen LogP contribution in [-0.2, 0) is 14.4 Å². The highest BCUT2D eigenvalue weighted by atomic mass is 32.1. The fourth-order valence-electron chi connectivity index (χ4n) is 5.69. The summed E-state index contributed by atoms with van der Waals surface area (Å²) in [6, 6.07) is -2.22. The van der Waals surface area contributed by atoms with Gasteiger partial charge in [-0.2, -0.15) is 8.78 Å². The van der Waals surface area contributed by atoms with Gasteiger partial charge in [0.2, 0.25) is 52.6 Å². The highest BCUT2D eigenvalue weighted by Gasteiger charge is 2.44. The van der Waals surface area contributed by atoms with Crippen LogP contribution >= 0.6 is 11.3 Å². The zero-order chi connectivity index (χ0) is 36.2. The topological polar surface area (TPSA) is 121 Å². The third-order valence-corrected chi connectivity index (χ3v) is 10.1. The van der Waals surface area contributed by atoms with Crippen molar-refractivity contribution in [2.45, 2.75) is 90.9 Å². The summed E-state index contributed by atoms with van der Waals surface area (Å²) in [4.78, 5) is 60.1. The summed E-state index contributed by atoms with van der Waals surface area (Å²) in [5, 5.41) is 7.05. The monoisotopic (exact) mass is 703 g/mol. The van der Waals surface area contributed by atoms with E-state index in [4.69, 9.17) is 0 Å². The molecule has 48 heavy (non-hydrogen) atoms. The van der Waals surface area contributed by atoms with Crippen molar-refractivity contribution in [1.29, 1.82) is 0 Å². The fourth-order valence-corrected chi connectivity index (χ4v) is 6.55. The van der Waals surface area contributed by atoms with Gasteiger partial charge >= 0.3 is 5.97 Å². The van der Waals surface area contributed by atoms with E-state index in [0.717, 1.165) is 29.7 Å². The van der Waals surface area contributed by atoms with E-state index in [0.29, 0.717) is 12.8 Å². The van der Waals surface area contributed by atoms with E-state index in [1.54, 1.807) is 7.05 Å². The van der Waals surface area contributed by atoms with Crippen LogP contribution in [0.5, 0.6) is 5.75 Å². The number of hydrogen-bond acceptors (Lipinski definition) is 8. The minimum atomic E-state index is -2.41. The molecule has 0 aliphatic carbocycles. The van der Waals surface area contributed by atoms with Gasteiger partial charge in [0.15, 0.2) is 5.69 Å². The number of nitrogens with zero attached hydrogens (tertiary/aromatic N) is 3. The SMILES string of the molecule is CCC(C)C(NC(=O)[C@@]1(C)CCCN1C)C(=O)N(C)C(CC(NC(C)=O)c1nc(C(=O)Oc2c(F)c(F)c(F)c(F)c2F)cs1)C(C)C. The van der Waals surface area contributed by atoms with E-state index < -0.39 is 76.1 Å².